The van der Waals surface area contributed by atoms with Crippen LogP contribution < -0.4 is 4.90 Å². The minimum Gasteiger partial charge on any atom is -0.327 e. The van der Waals surface area contributed by atoms with Crippen molar-refractivity contribution in [3.8, 4) is 11.1 Å². The van der Waals surface area contributed by atoms with E-state index in [-0.39, 0.29) is 16.4 Å². The molecule has 2 saturated carbocycles. The summed E-state index contributed by atoms with van der Waals surface area (Å²) >= 11 is 0. The molecule has 0 radical (unpaired) electrons. The molecule has 1 heterocycles. The Balaban J connectivity index is 1.19. The van der Waals surface area contributed by atoms with Gasteiger partial charge >= 0.3 is 0 Å². The largest absolute Gasteiger partial charge is 0.327 e. The van der Waals surface area contributed by atoms with E-state index in [0.29, 0.717) is 17.8 Å². The fraction of sp³-hybridized carbons (Fsp3) is 0.390. The molecule has 0 N–H and O–H groups in total. The van der Waals surface area contributed by atoms with Crippen LogP contribution >= 0.6 is 0 Å². The number of nitrogens with zero attached hydrogens (tertiary/aromatic N) is 1. The normalized spacial score (nSPS) is 26.1. The lowest BCUT2D eigenvalue weighted by molar-refractivity contribution is 0.286. The standard InChI is InChI=1S/C59H61N/c1-57(2)49-28-16-15-26-46(49)51-37-58(3)56-45(27-17-29-50(56)59(51,57)4)48-36-42(38-18-7-5-8-19-38)32-34-52(48)60(58)53-35-31-40-21-12-14-25-44(40)55(53)47-33-30-39-20-11-13-24-43(39)54(47)41-22-9-6-10-23-41/h11-16,20-21,24-26,28,30-38,41,45H,5-10,17-19,22-23,27,29H2,1-4H3. The summed E-state index contributed by atoms with van der Waals surface area (Å²) in [6.45, 7) is 10.4. The predicted molar refractivity (Wildman–Crippen MR) is 255 cm³/mol. The molecule has 1 aliphatic heterocycles. The van der Waals surface area contributed by atoms with E-state index in [1.807, 2.05) is 0 Å². The van der Waals surface area contributed by atoms with Crippen molar-refractivity contribution >= 4 is 38.5 Å². The highest BCUT2D eigenvalue weighted by molar-refractivity contribution is 6.08. The summed E-state index contributed by atoms with van der Waals surface area (Å²) in [6, 6.07) is 45.8. The van der Waals surface area contributed by atoms with E-state index in [1.54, 1.807) is 33.4 Å². The molecule has 1 nitrogen and oxygen atoms in total. The quantitative estimate of drug-likeness (QED) is 0.161. The third kappa shape index (κ3) is 5.05. The third-order valence-corrected chi connectivity index (χ3v) is 17.5. The first-order valence-electron chi connectivity index (χ1n) is 23.8. The molecule has 5 aliphatic carbocycles. The summed E-state index contributed by atoms with van der Waals surface area (Å²) < 4.78 is 0. The van der Waals surface area contributed by atoms with Crippen molar-refractivity contribution < 1.29 is 0 Å². The van der Waals surface area contributed by atoms with Crippen LogP contribution in [0.1, 0.15) is 157 Å². The Hall–Kier alpha value is -4.88. The molecule has 0 amide bonds. The molecule has 3 atom stereocenters. The van der Waals surface area contributed by atoms with Gasteiger partial charge in [0.25, 0.3) is 0 Å². The van der Waals surface area contributed by atoms with Gasteiger partial charge in [-0.25, -0.2) is 0 Å². The van der Waals surface area contributed by atoms with E-state index < -0.39 is 0 Å². The molecular weight excluding hydrogens is 723 g/mol. The molecule has 0 aromatic heterocycles. The van der Waals surface area contributed by atoms with Gasteiger partial charge in [0.2, 0.25) is 0 Å². The Kier molecular flexibility index (Phi) is 8.35. The zero-order valence-corrected chi connectivity index (χ0v) is 36.4. The molecular formula is C59H61N. The second-order valence-electron chi connectivity index (χ2n) is 20.6. The Morgan fingerprint density at radius 1 is 0.550 bits per heavy atom. The maximum Gasteiger partial charge on any atom is 0.0833 e. The zero-order chi connectivity index (χ0) is 40.4. The minimum absolute atomic E-state index is 0.00979. The van der Waals surface area contributed by atoms with E-state index in [1.165, 1.54) is 139 Å². The molecule has 0 spiro atoms. The summed E-state index contributed by atoms with van der Waals surface area (Å²) in [5, 5.41) is 5.51. The van der Waals surface area contributed by atoms with Gasteiger partial charge < -0.3 is 4.90 Å². The molecule has 6 aliphatic rings. The lowest BCUT2D eigenvalue weighted by Gasteiger charge is -2.59. The van der Waals surface area contributed by atoms with Gasteiger partial charge in [-0.3, -0.25) is 0 Å². The van der Waals surface area contributed by atoms with Gasteiger partial charge in [0.1, 0.15) is 0 Å². The van der Waals surface area contributed by atoms with Crippen molar-refractivity contribution in [3.05, 3.63) is 160 Å². The number of fused-ring (bicyclic) bond motifs is 8. The summed E-state index contributed by atoms with van der Waals surface area (Å²) in [7, 11) is 0. The number of hydrogen-bond donors (Lipinski definition) is 0. The molecule has 6 aromatic rings. The third-order valence-electron chi connectivity index (χ3n) is 17.5. The maximum atomic E-state index is 2.90. The number of rotatable bonds is 4. The predicted octanol–water partition coefficient (Wildman–Crippen LogP) is 16.6. The van der Waals surface area contributed by atoms with Crippen molar-refractivity contribution in [2.45, 2.75) is 140 Å². The van der Waals surface area contributed by atoms with Gasteiger partial charge in [0.15, 0.2) is 0 Å². The highest BCUT2D eigenvalue weighted by Gasteiger charge is 2.61. The van der Waals surface area contributed by atoms with Crippen molar-refractivity contribution in [2.75, 3.05) is 4.90 Å². The molecule has 12 rings (SSSR count). The average Bonchev–Trinajstić information content (AvgIpc) is 3.47. The number of anilines is 2. The Morgan fingerprint density at radius 2 is 1.20 bits per heavy atom. The molecule has 3 unspecified atom stereocenters. The Bertz CT molecular complexity index is 2780. The van der Waals surface area contributed by atoms with E-state index in [9.17, 15) is 0 Å². The first kappa shape index (κ1) is 36.9. The molecule has 60 heavy (non-hydrogen) atoms. The number of hydrogen-bond acceptors (Lipinski definition) is 1. The SMILES string of the molecule is CC12C=C3c4ccccc4C(C)(C)C3(C)C3=C1C(CCC3)c1cc(C3CCCCC3)ccc1N2c1ccc2ccccc2c1-c1ccc2ccccc2c1C1CCCCC1. The second kappa shape index (κ2) is 13.6. The Morgan fingerprint density at radius 3 is 1.98 bits per heavy atom. The highest BCUT2D eigenvalue weighted by Crippen LogP contribution is 2.71. The fourth-order valence-corrected chi connectivity index (χ4v) is 14.4. The van der Waals surface area contributed by atoms with Crippen LogP contribution in [0.15, 0.2) is 132 Å². The van der Waals surface area contributed by atoms with Crippen LogP contribution in [-0.4, -0.2) is 5.54 Å². The van der Waals surface area contributed by atoms with Gasteiger partial charge in [0.05, 0.1) is 11.2 Å². The van der Waals surface area contributed by atoms with Crippen LogP contribution in [0.2, 0.25) is 0 Å². The van der Waals surface area contributed by atoms with Gasteiger partial charge in [-0.05, 0) is 142 Å². The van der Waals surface area contributed by atoms with Gasteiger partial charge in [-0.15, -0.1) is 0 Å². The first-order chi connectivity index (χ1) is 29.3. The second-order valence-corrected chi connectivity index (χ2v) is 20.6. The topological polar surface area (TPSA) is 3.24 Å². The van der Waals surface area contributed by atoms with E-state index in [0.717, 1.165) is 0 Å². The molecule has 0 saturated heterocycles. The smallest absolute Gasteiger partial charge is 0.0833 e. The van der Waals surface area contributed by atoms with E-state index in [2.05, 4.69) is 154 Å². The highest BCUT2D eigenvalue weighted by atomic mass is 15.2. The lowest BCUT2D eigenvalue weighted by atomic mass is 9.51. The van der Waals surface area contributed by atoms with Crippen LogP contribution in [0.25, 0.3) is 38.2 Å². The van der Waals surface area contributed by atoms with Gasteiger partial charge in [-0.2, -0.15) is 0 Å². The molecule has 302 valence electrons. The zero-order valence-electron chi connectivity index (χ0n) is 36.4. The van der Waals surface area contributed by atoms with Crippen molar-refractivity contribution in [3.63, 3.8) is 0 Å². The molecule has 6 aromatic carbocycles. The van der Waals surface area contributed by atoms with Gasteiger partial charge in [0, 0.05) is 28.0 Å². The first-order valence-corrected chi connectivity index (χ1v) is 23.8. The van der Waals surface area contributed by atoms with Crippen molar-refractivity contribution in [2.24, 2.45) is 5.41 Å². The minimum atomic E-state index is -0.346. The summed E-state index contributed by atoms with van der Waals surface area (Å²) in [4.78, 5) is 2.90. The monoisotopic (exact) mass is 783 g/mol. The molecule has 1 heteroatoms. The average molecular weight is 784 g/mol. The van der Waals surface area contributed by atoms with Crippen LogP contribution in [0, 0.1) is 5.41 Å². The van der Waals surface area contributed by atoms with E-state index >= 15 is 0 Å². The fourth-order valence-electron chi connectivity index (χ4n) is 14.4. The number of allylic oxidation sites excluding steroid dienone is 2. The van der Waals surface area contributed by atoms with Crippen LogP contribution in [-0.2, 0) is 5.41 Å². The van der Waals surface area contributed by atoms with Gasteiger partial charge in [-0.1, -0.05) is 174 Å². The maximum absolute atomic E-state index is 2.90. The van der Waals surface area contributed by atoms with E-state index in [4.69, 9.17) is 0 Å². The number of benzene rings is 6. The molecule has 0 bridgehead atoms. The summed E-state index contributed by atoms with van der Waals surface area (Å²) in [5.41, 5.74) is 17.9. The summed E-state index contributed by atoms with van der Waals surface area (Å²) in [6.07, 6.45) is 19.8. The summed E-state index contributed by atoms with van der Waals surface area (Å²) in [5.74, 6) is 1.65. The van der Waals surface area contributed by atoms with Crippen LogP contribution in [0.5, 0.6) is 0 Å². The van der Waals surface area contributed by atoms with Crippen molar-refractivity contribution in [1.82, 2.24) is 0 Å². The Labute approximate surface area is 358 Å². The van der Waals surface area contributed by atoms with Crippen LogP contribution in [0.3, 0.4) is 0 Å². The lowest BCUT2D eigenvalue weighted by Crippen LogP contribution is -2.54. The van der Waals surface area contributed by atoms with Crippen molar-refractivity contribution in [1.29, 1.82) is 0 Å². The van der Waals surface area contributed by atoms with Crippen LogP contribution in [0.4, 0.5) is 11.4 Å². The molecule has 2 fully saturated rings.